The lowest BCUT2D eigenvalue weighted by Gasteiger charge is -2.25. The van der Waals surface area contributed by atoms with Crippen LogP contribution in [0, 0.1) is 0 Å². The maximum Gasteiger partial charge on any atom is -0.00258 e. The average molecular weight is 781 g/mol. The third kappa shape index (κ3) is 6.04. The Kier molecular flexibility index (Phi) is 9.05. The molecule has 0 atom stereocenters. The van der Waals surface area contributed by atoms with Gasteiger partial charge in [-0.05, 0) is 201 Å². The van der Waals surface area contributed by atoms with Crippen LogP contribution in [-0.2, 0) is 12.8 Å². The highest BCUT2D eigenvalue weighted by Gasteiger charge is 2.24. The van der Waals surface area contributed by atoms with Gasteiger partial charge in [0, 0.05) is 0 Å². The van der Waals surface area contributed by atoms with E-state index in [-0.39, 0.29) is 0 Å². The molecule has 2 aliphatic carbocycles. The predicted octanol–water partition coefficient (Wildman–Crippen LogP) is 17.3. The molecule has 0 heterocycles. The molecular weight excluding hydrogens is 733 g/mol. The zero-order chi connectivity index (χ0) is 41.2. The molecule has 0 aromatic heterocycles. The Morgan fingerprint density at radius 1 is 0.607 bits per heavy atom. The number of aryl methyl sites for hydroxylation is 1. The lowest BCUT2D eigenvalue weighted by molar-refractivity contribution is 0.920. The molecule has 0 N–H and O–H groups in total. The van der Waals surface area contributed by atoms with Crippen LogP contribution in [0.25, 0.3) is 104 Å². The van der Waals surface area contributed by atoms with Crippen molar-refractivity contribution in [3.05, 3.63) is 210 Å². The first-order valence-electron chi connectivity index (χ1n) is 22.0. The molecular formula is C61H48. The molecule has 0 saturated heterocycles. The first kappa shape index (κ1) is 37.0. The van der Waals surface area contributed by atoms with E-state index in [1.165, 1.54) is 132 Å². The molecule has 0 nitrogen and oxygen atoms in total. The van der Waals surface area contributed by atoms with E-state index in [0.29, 0.717) is 0 Å². The van der Waals surface area contributed by atoms with Crippen molar-refractivity contribution in [2.24, 2.45) is 0 Å². The highest BCUT2D eigenvalue weighted by molar-refractivity contribution is 6.24. The smallest absolute Gasteiger partial charge is 0.00258 e. The van der Waals surface area contributed by atoms with Gasteiger partial charge in [-0.25, -0.2) is 0 Å². The topological polar surface area (TPSA) is 0 Å². The number of fused-ring (bicyclic) bond motifs is 4. The molecule has 9 aromatic carbocycles. The van der Waals surface area contributed by atoms with Crippen molar-refractivity contribution in [1.82, 2.24) is 0 Å². The summed E-state index contributed by atoms with van der Waals surface area (Å²) >= 11 is 0. The minimum absolute atomic E-state index is 0.977. The Balaban J connectivity index is 1.31. The molecule has 9 aromatic rings. The third-order valence-corrected chi connectivity index (χ3v) is 13.4. The van der Waals surface area contributed by atoms with Gasteiger partial charge in [0.15, 0.2) is 0 Å². The molecule has 0 unspecified atom stereocenters. The van der Waals surface area contributed by atoms with Crippen molar-refractivity contribution < 1.29 is 0 Å². The molecule has 0 spiro atoms. The molecule has 0 heteroatoms. The van der Waals surface area contributed by atoms with E-state index in [4.69, 9.17) is 0 Å². The van der Waals surface area contributed by atoms with E-state index >= 15 is 0 Å². The molecule has 11 rings (SSSR count). The van der Waals surface area contributed by atoms with Crippen LogP contribution < -0.4 is 0 Å². The zero-order valence-corrected chi connectivity index (χ0v) is 35.3. The second-order valence-corrected chi connectivity index (χ2v) is 17.0. The maximum absolute atomic E-state index is 4.23. The SMILES string of the molecule is C=C/C(C)=C(\C=C/C)c1cc2c(-c3ccc4ccccc4c3)c3ccc(-c4cc5c6c7c(cccc47)CC=C6CC=C5)cc3c(-c3ccc4ccccc4c3)c2cc1CCC. The van der Waals surface area contributed by atoms with Crippen molar-refractivity contribution in [2.45, 2.75) is 46.5 Å². The summed E-state index contributed by atoms with van der Waals surface area (Å²) in [5, 5.41) is 12.9. The Labute approximate surface area is 359 Å². The zero-order valence-electron chi connectivity index (χ0n) is 35.3. The van der Waals surface area contributed by atoms with Gasteiger partial charge in [0.2, 0.25) is 0 Å². The van der Waals surface area contributed by atoms with Crippen LogP contribution in [0.4, 0.5) is 0 Å². The fraction of sp³-hybridized carbons (Fsp3) is 0.115. The summed E-state index contributed by atoms with van der Waals surface area (Å²) in [7, 11) is 0. The monoisotopic (exact) mass is 780 g/mol. The van der Waals surface area contributed by atoms with Gasteiger partial charge in [-0.1, -0.05) is 160 Å². The number of hydrogen-bond acceptors (Lipinski definition) is 0. The van der Waals surface area contributed by atoms with Crippen LogP contribution in [0.5, 0.6) is 0 Å². The van der Waals surface area contributed by atoms with Gasteiger partial charge in [0.05, 0.1) is 0 Å². The molecule has 0 fully saturated rings. The van der Waals surface area contributed by atoms with Crippen molar-refractivity contribution >= 4 is 71.1 Å². The first-order chi connectivity index (χ1) is 30.0. The van der Waals surface area contributed by atoms with Gasteiger partial charge in [-0.3, -0.25) is 0 Å². The summed E-state index contributed by atoms with van der Waals surface area (Å²) in [5.41, 5.74) is 18.3. The molecule has 0 radical (unpaired) electrons. The van der Waals surface area contributed by atoms with E-state index in [1.807, 2.05) is 6.08 Å². The number of allylic oxidation sites excluding steroid dienone is 8. The van der Waals surface area contributed by atoms with Crippen LogP contribution in [0.2, 0.25) is 0 Å². The van der Waals surface area contributed by atoms with Crippen LogP contribution >= 0.6 is 0 Å². The molecule has 0 bridgehead atoms. The quantitative estimate of drug-likeness (QED) is 0.106. The summed E-state index contributed by atoms with van der Waals surface area (Å²) < 4.78 is 0. The molecule has 292 valence electrons. The average Bonchev–Trinajstić information content (AvgIpc) is 3.31. The number of hydrogen-bond donors (Lipinski definition) is 0. The van der Waals surface area contributed by atoms with Crippen LogP contribution in [0.3, 0.4) is 0 Å². The summed E-state index contributed by atoms with van der Waals surface area (Å²) in [6.45, 7) is 10.8. The fourth-order valence-corrected chi connectivity index (χ4v) is 10.5. The molecule has 0 amide bonds. The Morgan fingerprint density at radius 3 is 1.98 bits per heavy atom. The summed E-state index contributed by atoms with van der Waals surface area (Å²) in [5.74, 6) is 0. The highest BCUT2D eigenvalue weighted by atomic mass is 14.3. The lowest BCUT2D eigenvalue weighted by Crippen LogP contribution is -2.04. The van der Waals surface area contributed by atoms with Gasteiger partial charge >= 0.3 is 0 Å². The summed E-state index contributed by atoms with van der Waals surface area (Å²) in [4.78, 5) is 0. The molecule has 0 aliphatic heterocycles. The second-order valence-electron chi connectivity index (χ2n) is 17.0. The van der Waals surface area contributed by atoms with Crippen LogP contribution in [0.1, 0.15) is 61.4 Å². The fourth-order valence-electron chi connectivity index (χ4n) is 10.5. The van der Waals surface area contributed by atoms with Crippen LogP contribution in [0.15, 0.2) is 182 Å². The van der Waals surface area contributed by atoms with E-state index in [0.717, 1.165) is 25.7 Å². The lowest BCUT2D eigenvalue weighted by atomic mass is 9.78. The Bertz CT molecular complexity index is 3450. The first-order valence-corrected chi connectivity index (χ1v) is 22.0. The maximum atomic E-state index is 4.23. The predicted molar refractivity (Wildman–Crippen MR) is 267 cm³/mol. The molecule has 0 saturated carbocycles. The van der Waals surface area contributed by atoms with Gasteiger partial charge in [0.1, 0.15) is 0 Å². The summed E-state index contributed by atoms with van der Waals surface area (Å²) in [6.07, 6.45) is 17.6. The Morgan fingerprint density at radius 2 is 1.28 bits per heavy atom. The van der Waals surface area contributed by atoms with Crippen molar-refractivity contribution in [3.63, 3.8) is 0 Å². The number of benzene rings is 9. The standard InChI is InChI=1S/C61H48/c1-5-14-45-34-56-57(37-54(45)50(15-6-2)38(4)7-3)59(48-28-24-39-16-8-10-18-43(39)32-48)52-31-30-46(35-55(52)60(56)49-29-25-40-17-9-11-19-44(40)33-49)53-36-47-22-12-20-41-26-27-42-21-13-23-51(53)61(42)58(41)47/h6-13,15-19,21-26,28-37H,3,5,14,20,27H2,1-2,4H3/b15-6-,50-38+. The summed E-state index contributed by atoms with van der Waals surface area (Å²) in [6, 6.07) is 53.4. The van der Waals surface area contributed by atoms with E-state index in [1.54, 1.807) is 0 Å². The van der Waals surface area contributed by atoms with Crippen molar-refractivity contribution in [3.8, 4) is 33.4 Å². The Hall–Kier alpha value is -7.02. The van der Waals surface area contributed by atoms with E-state index < -0.39 is 0 Å². The van der Waals surface area contributed by atoms with Gasteiger partial charge in [0.25, 0.3) is 0 Å². The highest BCUT2D eigenvalue weighted by Crippen LogP contribution is 2.49. The number of rotatable bonds is 8. The largest absolute Gasteiger partial charge is 0.0988 e. The molecule has 61 heavy (non-hydrogen) atoms. The van der Waals surface area contributed by atoms with Crippen LogP contribution in [-0.4, -0.2) is 0 Å². The van der Waals surface area contributed by atoms with Gasteiger partial charge in [-0.15, -0.1) is 0 Å². The van der Waals surface area contributed by atoms with Crippen molar-refractivity contribution in [1.29, 1.82) is 0 Å². The van der Waals surface area contributed by atoms with Crippen molar-refractivity contribution in [2.75, 3.05) is 0 Å². The van der Waals surface area contributed by atoms with Gasteiger partial charge < -0.3 is 0 Å². The van der Waals surface area contributed by atoms with E-state index in [2.05, 4.69) is 197 Å². The van der Waals surface area contributed by atoms with E-state index in [9.17, 15) is 0 Å². The normalized spacial score (nSPS) is 13.8. The second kappa shape index (κ2) is 14.9. The molecule has 2 aliphatic rings. The third-order valence-electron chi connectivity index (χ3n) is 13.4. The van der Waals surface area contributed by atoms with Gasteiger partial charge in [-0.2, -0.15) is 0 Å². The minimum atomic E-state index is 0.977. The minimum Gasteiger partial charge on any atom is -0.0988 e.